The predicted molar refractivity (Wildman–Crippen MR) is 120 cm³/mol. The van der Waals surface area contributed by atoms with E-state index in [4.69, 9.17) is 14.5 Å². The van der Waals surface area contributed by atoms with Crippen molar-refractivity contribution in [2.24, 2.45) is 4.99 Å². The predicted octanol–water partition coefficient (Wildman–Crippen LogP) is 4.96. The zero-order valence-corrected chi connectivity index (χ0v) is 19.6. The largest absolute Gasteiger partial charge is 0.462 e. The molecule has 1 aliphatic rings. The van der Waals surface area contributed by atoms with E-state index >= 15 is 0 Å². The third-order valence-corrected chi connectivity index (χ3v) is 7.17. The number of aromatic nitrogens is 1. The summed E-state index contributed by atoms with van der Waals surface area (Å²) < 4.78 is 12.7. The molecule has 2 heterocycles. The lowest BCUT2D eigenvalue weighted by Gasteiger charge is -2.13. The van der Waals surface area contributed by atoms with Crippen LogP contribution in [0.3, 0.4) is 0 Å². The van der Waals surface area contributed by atoms with Crippen LogP contribution < -0.4 is 4.80 Å². The minimum atomic E-state index is -0.357. The first-order valence-electron chi connectivity index (χ1n) is 10.3. The molecule has 0 bridgehead atoms. The smallest absolute Gasteiger partial charge is 0.350 e. The van der Waals surface area contributed by atoms with Crippen molar-refractivity contribution in [2.75, 3.05) is 6.61 Å². The molecule has 0 aromatic carbocycles. The minimum absolute atomic E-state index is 0.199. The number of thiazole rings is 1. The van der Waals surface area contributed by atoms with Crippen LogP contribution in [0.2, 0.25) is 0 Å². The van der Waals surface area contributed by atoms with Crippen molar-refractivity contribution in [3.8, 4) is 0 Å². The van der Waals surface area contributed by atoms with Crippen molar-refractivity contribution in [2.45, 2.75) is 66.0 Å². The van der Waals surface area contributed by atoms with Gasteiger partial charge in [0.05, 0.1) is 18.3 Å². The molecule has 0 saturated carbocycles. The average Bonchev–Trinajstić information content (AvgIpc) is 3.20. The lowest BCUT2D eigenvalue weighted by Crippen LogP contribution is -2.16. The van der Waals surface area contributed by atoms with Gasteiger partial charge in [0.2, 0.25) is 0 Å². The van der Waals surface area contributed by atoms with E-state index in [0.717, 1.165) is 36.9 Å². The van der Waals surface area contributed by atoms with Crippen molar-refractivity contribution >= 4 is 39.6 Å². The van der Waals surface area contributed by atoms with E-state index in [1.165, 1.54) is 16.2 Å². The zero-order chi connectivity index (χ0) is 21.8. The van der Waals surface area contributed by atoms with E-state index in [0.29, 0.717) is 33.4 Å². The summed E-state index contributed by atoms with van der Waals surface area (Å²) in [7, 11) is 0. The number of nitrogens with zero attached hydrogens (tertiary/aromatic N) is 2. The quantitative estimate of drug-likeness (QED) is 0.443. The van der Waals surface area contributed by atoms with Gasteiger partial charge in [-0.2, -0.15) is 0 Å². The van der Waals surface area contributed by atoms with Gasteiger partial charge in [-0.25, -0.2) is 14.6 Å². The van der Waals surface area contributed by atoms with Gasteiger partial charge in [0.15, 0.2) is 4.80 Å². The van der Waals surface area contributed by atoms with Crippen LogP contribution in [0.1, 0.15) is 69.8 Å². The molecule has 0 spiro atoms. The maximum Gasteiger partial charge on any atom is 0.350 e. The highest BCUT2D eigenvalue weighted by molar-refractivity contribution is 7.16. The molecule has 2 aromatic rings. The first-order valence-corrected chi connectivity index (χ1v) is 11.9. The number of allylic oxidation sites excluding steroid dienone is 1. The Hall–Kier alpha value is -2.19. The Morgan fingerprint density at radius 3 is 2.63 bits per heavy atom. The van der Waals surface area contributed by atoms with Crippen LogP contribution in [0.25, 0.3) is 0 Å². The lowest BCUT2D eigenvalue weighted by atomic mass is 9.95. The van der Waals surface area contributed by atoms with Gasteiger partial charge < -0.3 is 14.0 Å². The van der Waals surface area contributed by atoms with Gasteiger partial charge in [0.1, 0.15) is 9.88 Å². The summed E-state index contributed by atoms with van der Waals surface area (Å²) in [6, 6.07) is 0. The van der Waals surface area contributed by atoms with Crippen molar-refractivity contribution in [3.63, 3.8) is 0 Å². The van der Waals surface area contributed by atoms with Crippen LogP contribution in [-0.2, 0) is 28.9 Å². The zero-order valence-electron chi connectivity index (χ0n) is 17.9. The van der Waals surface area contributed by atoms with Crippen LogP contribution in [0.4, 0.5) is 5.00 Å². The highest BCUT2D eigenvalue weighted by atomic mass is 32.1. The van der Waals surface area contributed by atoms with Gasteiger partial charge >= 0.3 is 11.9 Å². The molecular weight excluding hydrogens is 420 g/mol. The Bertz CT molecular complexity index is 1030. The second-order valence-electron chi connectivity index (χ2n) is 7.38. The molecule has 8 heteroatoms. The van der Waals surface area contributed by atoms with Gasteiger partial charge in [-0.15, -0.1) is 17.9 Å². The summed E-state index contributed by atoms with van der Waals surface area (Å²) in [6.45, 7) is 12.0. The molecule has 30 heavy (non-hydrogen) atoms. The second kappa shape index (κ2) is 9.75. The number of thiophene rings is 1. The Labute approximate surface area is 184 Å². The van der Waals surface area contributed by atoms with Crippen LogP contribution in [0.5, 0.6) is 0 Å². The number of hydrogen-bond donors (Lipinski definition) is 0. The fraction of sp³-hybridized carbons (Fsp3) is 0.500. The summed E-state index contributed by atoms with van der Waals surface area (Å²) in [5.41, 5.74) is 2.44. The number of esters is 2. The molecule has 0 N–H and O–H groups in total. The molecular formula is C22H28N2O4S2. The maximum atomic E-state index is 12.9. The van der Waals surface area contributed by atoms with E-state index in [-0.39, 0.29) is 18.0 Å². The monoisotopic (exact) mass is 448 g/mol. The highest BCUT2D eigenvalue weighted by Gasteiger charge is 2.27. The van der Waals surface area contributed by atoms with Crippen LogP contribution in [0.15, 0.2) is 17.6 Å². The minimum Gasteiger partial charge on any atom is -0.462 e. The molecule has 0 saturated heterocycles. The Balaban J connectivity index is 2.18. The molecule has 162 valence electrons. The summed E-state index contributed by atoms with van der Waals surface area (Å²) >= 11 is 2.83. The van der Waals surface area contributed by atoms with E-state index in [1.807, 2.05) is 25.3 Å². The number of fused-ring (bicyclic) bond motifs is 1. The maximum absolute atomic E-state index is 12.9. The molecule has 6 nitrogen and oxygen atoms in total. The fourth-order valence-electron chi connectivity index (χ4n) is 3.50. The third kappa shape index (κ3) is 4.59. The van der Waals surface area contributed by atoms with Gasteiger partial charge in [-0.3, -0.25) is 0 Å². The normalized spacial score (nSPS) is 14.0. The van der Waals surface area contributed by atoms with Crippen molar-refractivity contribution in [3.05, 3.63) is 44.0 Å². The van der Waals surface area contributed by atoms with Crippen molar-refractivity contribution in [1.29, 1.82) is 0 Å². The van der Waals surface area contributed by atoms with Gasteiger partial charge in [-0.05, 0) is 58.9 Å². The SMILES string of the molecule is C=CCn1c(C)c(C(=O)OCC)sc1=Nc1sc2c(c1C(=O)OC(C)C)CCCC2. The van der Waals surface area contributed by atoms with E-state index in [2.05, 4.69) is 6.58 Å². The van der Waals surface area contributed by atoms with Crippen LogP contribution in [-0.4, -0.2) is 29.2 Å². The summed E-state index contributed by atoms with van der Waals surface area (Å²) in [5.74, 6) is -0.679. The number of aryl methyl sites for hydroxylation is 1. The summed E-state index contributed by atoms with van der Waals surface area (Å²) in [5, 5.41) is 0.655. The van der Waals surface area contributed by atoms with Gasteiger partial charge in [0, 0.05) is 17.1 Å². The van der Waals surface area contributed by atoms with Crippen molar-refractivity contribution < 1.29 is 19.1 Å². The topological polar surface area (TPSA) is 69.9 Å². The van der Waals surface area contributed by atoms with Crippen LogP contribution in [0, 0.1) is 6.92 Å². The number of carbonyl (C=O) groups excluding carboxylic acids is 2. The number of ether oxygens (including phenoxy) is 2. The standard InChI is InChI=1S/C22H28N2O4S2/c1-6-12-24-14(5)18(21(26)27-7-2)30-22(24)23-19-17(20(25)28-13(3)4)15-10-8-9-11-16(15)29-19/h6,13H,1,7-12H2,2-5H3. The van der Waals surface area contributed by atoms with Crippen LogP contribution >= 0.6 is 22.7 Å². The Morgan fingerprint density at radius 1 is 1.23 bits per heavy atom. The Morgan fingerprint density at radius 2 is 1.97 bits per heavy atom. The van der Waals surface area contributed by atoms with E-state index < -0.39 is 0 Å². The molecule has 0 atom stereocenters. The molecule has 0 amide bonds. The molecule has 3 rings (SSSR count). The molecule has 0 unspecified atom stereocenters. The van der Waals surface area contributed by atoms with Gasteiger partial charge in [0.25, 0.3) is 0 Å². The summed E-state index contributed by atoms with van der Waals surface area (Å²) in [4.78, 5) is 32.5. The van der Waals surface area contributed by atoms with Crippen molar-refractivity contribution in [1.82, 2.24) is 4.57 Å². The summed E-state index contributed by atoms with van der Waals surface area (Å²) in [6.07, 6.45) is 5.58. The van der Waals surface area contributed by atoms with E-state index in [9.17, 15) is 9.59 Å². The van der Waals surface area contributed by atoms with E-state index in [1.54, 1.807) is 24.3 Å². The molecule has 0 radical (unpaired) electrons. The molecule has 1 aliphatic carbocycles. The first kappa shape index (κ1) is 22.5. The lowest BCUT2D eigenvalue weighted by molar-refractivity contribution is 0.0377. The third-order valence-electron chi connectivity index (χ3n) is 4.83. The first-order chi connectivity index (χ1) is 14.4. The Kier molecular flexibility index (Phi) is 7.31. The highest BCUT2D eigenvalue weighted by Crippen LogP contribution is 2.40. The molecule has 0 fully saturated rings. The second-order valence-corrected chi connectivity index (χ2v) is 9.44. The number of hydrogen-bond acceptors (Lipinski definition) is 7. The van der Waals surface area contributed by atoms with Gasteiger partial charge in [-0.1, -0.05) is 17.4 Å². The fourth-order valence-corrected chi connectivity index (χ4v) is 5.85. The average molecular weight is 449 g/mol. The number of rotatable bonds is 7. The molecule has 2 aromatic heterocycles. The number of carbonyl (C=O) groups is 2. The molecule has 0 aliphatic heterocycles.